The van der Waals surface area contributed by atoms with Gasteiger partial charge in [0.2, 0.25) is 5.89 Å². The lowest BCUT2D eigenvalue weighted by Crippen LogP contribution is -2.37. The van der Waals surface area contributed by atoms with Crippen LogP contribution in [0.4, 0.5) is 0 Å². The van der Waals surface area contributed by atoms with Gasteiger partial charge >= 0.3 is 0 Å². The third-order valence-corrected chi connectivity index (χ3v) is 4.10. The van der Waals surface area contributed by atoms with Crippen LogP contribution in [0.1, 0.15) is 11.3 Å². The van der Waals surface area contributed by atoms with E-state index in [4.69, 9.17) is 9.15 Å². The topological polar surface area (TPSA) is 71.7 Å². The second-order valence-corrected chi connectivity index (χ2v) is 5.96. The van der Waals surface area contributed by atoms with Gasteiger partial charge in [-0.2, -0.15) is 0 Å². The molecule has 3 rings (SSSR count). The van der Waals surface area contributed by atoms with Gasteiger partial charge in [0, 0.05) is 19.2 Å². The molecule has 0 fully saturated rings. The highest BCUT2D eigenvalue weighted by Crippen LogP contribution is 2.17. The van der Waals surface area contributed by atoms with E-state index in [0.717, 1.165) is 35.9 Å². The number of nitrogens with one attached hydrogen (secondary N) is 2. The molecule has 0 saturated carbocycles. The van der Waals surface area contributed by atoms with Crippen molar-refractivity contribution in [3.8, 4) is 17.2 Å². The molecule has 1 aromatic heterocycles. The second-order valence-electron chi connectivity index (χ2n) is 5.96. The lowest BCUT2D eigenvalue weighted by molar-refractivity contribution is 0.414. The van der Waals surface area contributed by atoms with Crippen LogP contribution in [-0.4, -0.2) is 31.6 Å². The van der Waals surface area contributed by atoms with E-state index in [1.165, 1.54) is 5.56 Å². The number of hydrogen-bond acceptors (Lipinski definition) is 4. The van der Waals surface area contributed by atoms with Gasteiger partial charge in [0.25, 0.3) is 0 Å². The first-order valence-corrected chi connectivity index (χ1v) is 8.86. The molecule has 1 heterocycles. The highest BCUT2D eigenvalue weighted by molar-refractivity contribution is 5.79. The van der Waals surface area contributed by atoms with Crippen LogP contribution >= 0.6 is 0 Å². The number of guanidine groups is 1. The quantitative estimate of drug-likeness (QED) is 0.497. The number of aliphatic imine (C=N–C) groups is 1. The molecular weight excluding hydrogens is 340 g/mol. The number of benzene rings is 2. The molecule has 6 nitrogen and oxygen atoms in total. The highest BCUT2D eigenvalue weighted by Gasteiger charge is 2.07. The third kappa shape index (κ3) is 5.34. The summed E-state index contributed by atoms with van der Waals surface area (Å²) in [5.74, 6) is 2.22. The SMILES string of the molecule is CN=C(NCCc1ccc(OC)cc1)NCc1coc(-c2ccccc2)n1. The summed E-state index contributed by atoms with van der Waals surface area (Å²) in [6.45, 7) is 1.32. The maximum atomic E-state index is 5.55. The Kier molecular flexibility index (Phi) is 6.46. The van der Waals surface area contributed by atoms with Crippen LogP contribution in [0.15, 0.2) is 70.3 Å². The molecule has 3 aromatic rings. The molecule has 0 saturated heterocycles. The molecule has 6 heteroatoms. The minimum absolute atomic E-state index is 0.540. The molecule has 0 bridgehead atoms. The zero-order valence-electron chi connectivity index (χ0n) is 15.6. The maximum Gasteiger partial charge on any atom is 0.226 e. The largest absolute Gasteiger partial charge is 0.497 e. The molecule has 0 atom stereocenters. The monoisotopic (exact) mass is 364 g/mol. The van der Waals surface area contributed by atoms with Crippen LogP contribution in [0.3, 0.4) is 0 Å². The minimum Gasteiger partial charge on any atom is -0.497 e. The van der Waals surface area contributed by atoms with E-state index >= 15 is 0 Å². The van der Waals surface area contributed by atoms with E-state index in [2.05, 4.69) is 32.7 Å². The van der Waals surface area contributed by atoms with Crippen molar-refractivity contribution < 1.29 is 9.15 Å². The van der Waals surface area contributed by atoms with E-state index in [-0.39, 0.29) is 0 Å². The molecule has 0 unspecified atom stereocenters. The van der Waals surface area contributed by atoms with Crippen molar-refractivity contribution in [3.05, 3.63) is 72.1 Å². The average molecular weight is 364 g/mol. The third-order valence-electron chi connectivity index (χ3n) is 4.10. The lowest BCUT2D eigenvalue weighted by Gasteiger charge is -2.11. The molecular formula is C21H24N4O2. The summed E-state index contributed by atoms with van der Waals surface area (Å²) in [5, 5.41) is 6.56. The summed E-state index contributed by atoms with van der Waals surface area (Å²) in [5.41, 5.74) is 3.03. The fourth-order valence-corrected chi connectivity index (χ4v) is 2.61. The molecule has 0 spiro atoms. The first-order chi connectivity index (χ1) is 13.3. The summed E-state index contributed by atoms with van der Waals surface area (Å²) in [7, 11) is 3.42. The standard InChI is InChI=1S/C21H24N4O2/c1-22-21(23-13-12-16-8-10-19(26-2)11-9-16)24-14-18-15-27-20(25-18)17-6-4-3-5-7-17/h3-11,15H,12-14H2,1-2H3,(H2,22,23,24). The van der Waals surface area contributed by atoms with Gasteiger partial charge in [-0.15, -0.1) is 0 Å². The van der Waals surface area contributed by atoms with Crippen molar-refractivity contribution in [2.24, 2.45) is 4.99 Å². The minimum atomic E-state index is 0.540. The predicted octanol–water partition coefficient (Wildman–Crippen LogP) is 3.26. The maximum absolute atomic E-state index is 5.55. The van der Waals surface area contributed by atoms with Crippen molar-refractivity contribution in [1.82, 2.24) is 15.6 Å². The zero-order valence-corrected chi connectivity index (χ0v) is 15.6. The second kappa shape index (κ2) is 9.43. The van der Waals surface area contributed by atoms with E-state index in [9.17, 15) is 0 Å². The number of oxazole rings is 1. The molecule has 0 aliphatic rings. The molecule has 0 aliphatic heterocycles. The van der Waals surface area contributed by atoms with Crippen LogP contribution in [0.5, 0.6) is 5.75 Å². The summed E-state index contributed by atoms with van der Waals surface area (Å²) < 4.78 is 10.7. The van der Waals surface area contributed by atoms with E-state index < -0.39 is 0 Å². The Morgan fingerprint density at radius 3 is 2.56 bits per heavy atom. The van der Waals surface area contributed by atoms with Gasteiger partial charge in [0.05, 0.1) is 19.3 Å². The molecule has 27 heavy (non-hydrogen) atoms. The predicted molar refractivity (Wildman–Crippen MR) is 107 cm³/mol. The number of methoxy groups -OCH3 is 1. The van der Waals surface area contributed by atoms with Gasteiger partial charge in [-0.25, -0.2) is 4.98 Å². The van der Waals surface area contributed by atoms with Gasteiger partial charge in [0.1, 0.15) is 12.0 Å². The number of ether oxygens (including phenoxy) is 1. The van der Waals surface area contributed by atoms with Crippen LogP contribution < -0.4 is 15.4 Å². The van der Waals surface area contributed by atoms with Gasteiger partial charge in [-0.05, 0) is 36.2 Å². The number of nitrogens with zero attached hydrogens (tertiary/aromatic N) is 2. The number of aromatic nitrogens is 1. The van der Waals surface area contributed by atoms with Crippen molar-refractivity contribution in [3.63, 3.8) is 0 Å². The van der Waals surface area contributed by atoms with Crippen molar-refractivity contribution >= 4 is 5.96 Å². The van der Waals surface area contributed by atoms with E-state index in [1.807, 2.05) is 42.5 Å². The Morgan fingerprint density at radius 1 is 1.07 bits per heavy atom. The first-order valence-electron chi connectivity index (χ1n) is 8.86. The fraction of sp³-hybridized carbons (Fsp3) is 0.238. The lowest BCUT2D eigenvalue weighted by atomic mass is 10.1. The van der Waals surface area contributed by atoms with Crippen LogP contribution in [0.2, 0.25) is 0 Å². The summed E-state index contributed by atoms with van der Waals surface area (Å²) in [6, 6.07) is 17.9. The average Bonchev–Trinajstić information content (AvgIpc) is 3.21. The van der Waals surface area contributed by atoms with Crippen molar-refractivity contribution in [1.29, 1.82) is 0 Å². The molecule has 0 radical (unpaired) electrons. The zero-order chi connectivity index (χ0) is 18.9. The van der Waals surface area contributed by atoms with Crippen LogP contribution in [-0.2, 0) is 13.0 Å². The molecule has 2 aromatic carbocycles. The first kappa shape index (κ1) is 18.5. The molecule has 0 aliphatic carbocycles. The Hall–Kier alpha value is -3.28. The molecule has 140 valence electrons. The van der Waals surface area contributed by atoms with Gasteiger partial charge < -0.3 is 19.8 Å². The van der Waals surface area contributed by atoms with E-state index in [0.29, 0.717) is 12.4 Å². The summed E-state index contributed by atoms with van der Waals surface area (Å²) in [6.07, 6.45) is 2.56. The van der Waals surface area contributed by atoms with Crippen LogP contribution in [0.25, 0.3) is 11.5 Å². The van der Waals surface area contributed by atoms with Gasteiger partial charge in [-0.1, -0.05) is 30.3 Å². The normalized spacial score (nSPS) is 11.3. The number of hydrogen-bond donors (Lipinski definition) is 2. The highest BCUT2D eigenvalue weighted by atomic mass is 16.5. The Bertz CT molecular complexity index is 857. The summed E-state index contributed by atoms with van der Waals surface area (Å²) in [4.78, 5) is 8.75. The molecule has 0 amide bonds. The van der Waals surface area contributed by atoms with Crippen LogP contribution in [0, 0.1) is 0 Å². The number of rotatable bonds is 7. The van der Waals surface area contributed by atoms with Crippen molar-refractivity contribution in [2.75, 3.05) is 20.7 Å². The Balaban J connectivity index is 1.46. The van der Waals surface area contributed by atoms with Gasteiger partial charge in [0.15, 0.2) is 5.96 Å². The Labute approximate surface area is 159 Å². The van der Waals surface area contributed by atoms with Crippen molar-refractivity contribution in [2.45, 2.75) is 13.0 Å². The van der Waals surface area contributed by atoms with Gasteiger partial charge in [-0.3, -0.25) is 4.99 Å². The summed E-state index contributed by atoms with van der Waals surface area (Å²) >= 11 is 0. The molecule has 2 N–H and O–H groups in total. The van der Waals surface area contributed by atoms with E-state index in [1.54, 1.807) is 20.4 Å². The smallest absolute Gasteiger partial charge is 0.226 e. The fourth-order valence-electron chi connectivity index (χ4n) is 2.61. The Morgan fingerprint density at radius 2 is 1.85 bits per heavy atom.